The zero-order valence-electron chi connectivity index (χ0n) is 8.89. The van der Waals surface area contributed by atoms with Gasteiger partial charge in [-0.3, -0.25) is 4.99 Å². The Morgan fingerprint density at radius 3 is 3.00 bits per heavy atom. The summed E-state index contributed by atoms with van der Waals surface area (Å²) in [5.41, 5.74) is 9.19. The fraction of sp³-hybridized carbons (Fsp3) is 0.0833. The van der Waals surface area contributed by atoms with Crippen LogP contribution >= 0.6 is 11.6 Å². The van der Waals surface area contributed by atoms with Gasteiger partial charge in [0, 0.05) is 18.3 Å². The molecule has 0 saturated heterocycles. The maximum atomic E-state index is 5.88. The number of nitrogens with two attached hydrogens (primary N) is 1. The zero-order valence-corrected chi connectivity index (χ0v) is 9.65. The highest BCUT2D eigenvalue weighted by Crippen LogP contribution is 2.28. The van der Waals surface area contributed by atoms with Crippen molar-refractivity contribution < 1.29 is 0 Å². The van der Waals surface area contributed by atoms with Crippen molar-refractivity contribution in [2.24, 2.45) is 15.0 Å². The molecule has 0 atom stereocenters. The number of benzene rings is 1. The molecule has 0 unspecified atom stereocenters. The average molecular weight is 245 g/mol. The molecule has 0 aromatic heterocycles. The Bertz CT molecular complexity index is 611. The van der Waals surface area contributed by atoms with Gasteiger partial charge in [-0.2, -0.15) is 0 Å². The highest BCUT2D eigenvalue weighted by atomic mass is 35.5. The second-order valence-corrected chi connectivity index (χ2v) is 4.21. The number of aliphatic imine (C=N–C) groups is 3. The predicted molar refractivity (Wildman–Crippen MR) is 71.5 cm³/mol. The molecule has 1 aromatic rings. The number of amidine groups is 1. The van der Waals surface area contributed by atoms with E-state index in [0.717, 1.165) is 17.0 Å². The molecule has 17 heavy (non-hydrogen) atoms. The summed E-state index contributed by atoms with van der Waals surface area (Å²) in [7, 11) is 0. The van der Waals surface area contributed by atoms with Crippen molar-refractivity contribution in [3.8, 4) is 0 Å². The van der Waals surface area contributed by atoms with Gasteiger partial charge in [0.25, 0.3) is 0 Å². The average Bonchev–Trinajstić information content (AvgIpc) is 2.46. The van der Waals surface area contributed by atoms with E-state index in [4.69, 9.17) is 17.3 Å². The van der Waals surface area contributed by atoms with Crippen molar-refractivity contribution in [2.45, 2.75) is 6.42 Å². The summed E-state index contributed by atoms with van der Waals surface area (Å²) in [5, 5.41) is 0.384. The lowest BCUT2D eigenvalue weighted by molar-refractivity contribution is 1.26. The first-order valence-electron chi connectivity index (χ1n) is 5.17. The predicted octanol–water partition coefficient (Wildman–Crippen LogP) is 2.46. The monoisotopic (exact) mass is 244 g/mol. The first-order chi connectivity index (χ1) is 8.22. The summed E-state index contributed by atoms with van der Waals surface area (Å²) in [6, 6.07) is 5.66. The molecule has 0 radical (unpaired) electrons. The van der Waals surface area contributed by atoms with Gasteiger partial charge in [0.15, 0.2) is 5.84 Å². The third kappa shape index (κ3) is 1.87. The number of anilines is 1. The van der Waals surface area contributed by atoms with Gasteiger partial charge in [-0.05, 0) is 23.8 Å². The highest BCUT2D eigenvalue weighted by Gasteiger charge is 2.19. The number of halogens is 1. The normalized spacial score (nSPS) is 17.4. The van der Waals surface area contributed by atoms with Crippen LogP contribution < -0.4 is 5.73 Å². The van der Waals surface area contributed by atoms with Crippen LogP contribution in [0, 0.1) is 0 Å². The molecule has 2 N–H and O–H groups in total. The van der Waals surface area contributed by atoms with E-state index in [1.807, 2.05) is 18.2 Å². The van der Waals surface area contributed by atoms with Crippen molar-refractivity contribution in [3.05, 3.63) is 36.0 Å². The summed E-state index contributed by atoms with van der Waals surface area (Å²) >= 11 is 5.88. The molecule has 0 spiro atoms. The maximum Gasteiger partial charge on any atom is 0.176 e. The molecule has 4 nitrogen and oxygen atoms in total. The number of allylic oxidation sites excluding steroid dienone is 1. The Hall–Kier alpha value is -1.94. The lowest BCUT2D eigenvalue weighted by Gasteiger charge is -2.14. The first kappa shape index (κ1) is 10.2. The summed E-state index contributed by atoms with van der Waals surface area (Å²) in [6.45, 7) is 0. The van der Waals surface area contributed by atoms with Crippen LogP contribution in [0.3, 0.4) is 0 Å². The van der Waals surface area contributed by atoms with Crippen molar-refractivity contribution in [1.29, 1.82) is 0 Å². The van der Waals surface area contributed by atoms with Crippen LogP contribution in [0.1, 0.15) is 5.56 Å². The minimum Gasteiger partial charge on any atom is -0.399 e. The number of fused-ring (bicyclic) bond motifs is 2. The van der Waals surface area contributed by atoms with E-state index in [1.54, 1.807) is 12.3 Å². The van der Waals surface area contributed by atoms with Crippen LogP contribution in [-0.2, 0) is 6.42 Å². The van der Waals surface area contributed by atoms with Crippen molar-refractivity contribution >= 4 is 39.7 Å². The molecule has 0 saturated carbocycles. The Kier molecular flexibility index (Phi) is 2.30. The molecule has 1 aromatic carbocycles. The maximum absolute atomic E-state index is 5.88. The molecular formula is C12H9ClN4. The molecule has 5 heteroatoms. The fourth-order valence-corrected chi connectivity index (χ4v) is 1.93. The van der Waals surface area contributed by atoms with Gasteiger partial charge in [-0.15, -0.1) is 0 Å². The quantitative estimate of drug-likeness (QED) is 0.700. The van der Waals surface area contributed by atoms with E-state index < -0.39 is 0 Å². The first-order valence-corrected chi connectivity index (χ1v) is 5.55. The SMILES string of the molecule is Nc1ccc2c(c1)N=C1N=C(Cl)C=CN=C1C2. The van der Waals surface area contributed by atoms with Crippen molar-refractivity contribution in [2.75, 3.05) is 5.73 Å². The molecule has 3 rings (SSSR count). The molecule has 2 aliphatic heterocycles. The molecule has 2 heterocycles. The van der Waals surface area contributed by atoms with Gasteiger partial charge in [-0.1, -0.05) is 17.7 Å². The summed E-state index contributed by atoms with van der Waals surface area (Å²) in [5.74, 6) is 0.568. The number of rotatable bonds is 0. The van der Waals surface area contributed by atoms with Crippen LogP contribution in [-0.4, -0.2) is 16.7 Å². The van der Waals surface area contributed by atoms with E-state index in [9.17, 15) is 0 Å². The smallest absolute Gasteiger partial charge is 0.176 e. The van der Waals surface area contributed by atoms with Crippen LogP contribution in [0.15, 0.2) is 45.5 Å². The van der Waals surface area contributed by atoms with E-state index in [1.165, 1.54) is 0 Å². The van der Waals surface area contributed by atoms with E-state index in [2.05, 4.69) is 15.0 Å². The highest BCUT2D eigenvalue weighted by molar-refractivity contribution is 6.70. The van der Waals surface area contributed by atoms with Crippen LogP contribution in [0.5, 0.6) is 0 Å². The number of hydrogen-bond acceptors (Lipinski definition) is 4. The third-order valence-corrected chi connectivity index (χ3v) is 2.82. The van der Waals surface area contributed by atoms with Gasteiger partial charge in [0.1, 0.15) is 5.17 Å². The van der Waals surface area contributed by atoms with Gasteiger partial charge in [0.2, 0.25) is 0 Å². The Balaban J connectivity index is 2.16. The molecular weight excluding hydrogens is 236 g/mol. The van der Waals surface area contributed by atoms with Gasteiger partial charge < -0.3 is 5.73 Å². The molecule has 0 bridgehead atoms. The third-order valence-electron chi connectivity index (χ3n) is 2.61. The zero-order chi connectivity index (χ0) is 11.8. The fourth-order valence-electron chi connectivity index (χ4n) is 1.79. The van der Waals surface area contributed by atoms with Crippen LogP contribution in [0.4, 0.5) is 11.4 Å². The van der Waals surface area contributed by atoms with E-state index in [0.29, 0.717) is 23.1 Å². The standard InChI is InChI=1S/C12H9ClN4/c13-11-3-4-15-10-5-7-1-2-8(14)6-9(7)16-12(10)17-11/h1-4,6H,5,14H2. The molecule has 0 fully saturated rings. The Labute approximate surface area is 103 Å². The van der Waals surface area contributed by atoms with Crippen LogP contribution in [0.25, 0.3) is 0 Å². The van der Waals surface area contributed by atoms with Gasteiger partial charge in [0.05, 0.1) is 11.4 Å². The Morgan fingerprint density at radius 1 is 1.24 bits per heavy atom. The summed E-state index contributed by atoms with van der Waals surface area (Å²) < 4.78 is 0. The lowest BCUT2D eigenvalue weighted by Crippen LogP contribution is -2.18. The minimum atomic E-state index is 0.384. The topological polar surface area (TPSA) is 63.1 Å². The number of hydrogen-bond donors (Lipinski definition) is 1. The van der Waals surface area contributed by atoms with Gasteiger partial charge >= 0.3 is 0 Å². The minimum absolute atomic E-state index is 0.384. The molecule has 2 aliphatic rings. The second kappa shape index (κ2) is 3.82. The summed E-state index contributed by atoms with van der Waals surface area (Å²) in [4.78, 5) is 12.9. The summed E-state index contributed by atoms with van der Waals surface area (Å²) in [6.07, 6.45) is 3.99. The molecule has 0 amide bonds. The second-order valence-electron chi connectivity index (χ2n) is 3.83. The van der Waals surface area contributed by atoms with Gasteiger partial charge in [-0.25, -0.2) is 9.98 Å². The lowest BCUT2D eigenvalue weighted by atomic mass is 10.0. The number of nitrogen functional groups attached to an aromatic ring is 1. The van der Waals surface area contributed by atoms with Crippen LogP contribution in [0.2, 0.25) is 0 Å². The van der Waals surface area contributed by atoms with E-state index in [-0.39, 0.29) is 0 Å². The molecule has 84 valence electrons. The molecule has 0 aliphatic carbocycles. The van der Waals surface area contributed by atoms with E-state index >= 15 is 0 Å². The number of nitrogens with zero attached hydrogens (tertiary/aromatic N) is 3. The van der Waals surface area contributed by atoms with Crippen molar-refractivity contribution in [1.82, 2.24) is 0 Å². The van der Waals surface area contributed by atoms with Crippen molar-refractivity contribution in [3.63, 3.8) is 0 Å². The Morgan fingerprint density at radius 2 is 2.12 bits per heavy atom. The largest absolute Gasteiger partial charge is 0.399 e.